The second-order valence-corrected chi connectivity index (χ2v) is 5.33. The van der Waals surface area contributed by atoms with E-state index in [4.69, 9.17) is 9.26 Å². The molecule has 0 aliphatic carbocycles. The van der Waals surface area contributed by atoms with Crippen LogP contribution in [0.4, 0.5) is 14.5 Å². The third-order valence-electron chi connectivity index (χ3n) is 3.49. The van der Waals surface area contributed by atoms with Gasteiger partial charge in [0.1, 0.15) is 17.1 Å². The molecule has 0 saturated heterocycles. The van der Waals surface area contributed by atoms with Crippen LogP contribution in [0.2, 0.25) is 0 Å². The molecule has 1 amide bonds. The highest BCUT2D eigenvalue weighted by atomic mass is 19.3. The predicted octanol–water partition coefficient (Wildman–Crippen LogP) is 3.33. The van der Waals surface area contributed by atoms with Crippen molar-refractivity contribution in [3.05, 3.63) is 41.3 Å². The zero-order valence-electron chi connectivity index (χ0n) is 14.4. The summed E-state index contributed by atoms with van der Waals surface area (Å²) in [6.07, 6.45) is -0.721. The van der Waals surface area contributed by atoms with E-state index < -0.39 is 24.6 Å². The number of benzene rings is 1. The van der Waals surface area contributed by atoms with Crippen LogP contribution in [0.15, 0.2) is 28.8 Å². The number of carbonyl (C=O) groups is 2. The Bertz CT molecular complexity index is 791. The summed E-state index contributed by atoms with van der Waals surface area (Å²) in [6.45, 7) is 1.68. The van der Waals surface area contributed by atoms with Gasteiger partial charge >= 0.3 is 12.6 Å². The number of carbonyl (C=O) groups excluding carboxylic acids is 2. The van der Waals surface area contributed by atoms with Crippen molar-refractivity contribution in [3.8, 4) is 5.75 Å². The molecule has 1 atom stereocenters. The number of rotatable bonds is 7. The summed E-state index contributed by atoms with van der Waals surface area (Å²) in [5, 5.41) is 6.15. The zero-order valence-corrected chi connectivity index (χ0v) is 14.4. The van der Waals surface area contributed by atoms with E-state index in [-0.39, 0.29) is 22.8 Å². The largest absolute Gasteiger partial charge is 0.449 e. The Labute approximate surface area is 148 Å². The monoisotopic (exact) mass is 368 g/mol. The molecule has 1 heterocycles. The van der Waals surface area contributed by atoms with E-state index in [2.05, 4.69) is 15.2 Å². The van der Waals surface area contributed by atoms with E-state index in [1.54, 1.807) is 19.9 Å². The van der Waals surface area contributed by atoms with Gasteiger partial charge in [0, 0.05) is 0 Å². The lowest BCUT2D eigenvalue weighted by Gasteiger charge is -2.15. The van der Waals surface area contributed by atoms with Crippen molar-refractivity contribution in [2.75, 3.05) is 5.32 Å². The van der Waals surface area contributed by atoms with Crippen LogP contribution in [0.1, 0.15) is 35.7 Å². The third kappa shape index (κ3) is 4.56. The fourth-order valence-electron chi connectivity index (χ4n) is 2.20. The smallest absolute Gasteiger partial charge is 0.387 e. The first-order valence-electron chi connectivity index (χ1n) is 7.84. The summed E-state index contributed by atoms with van der Waals surface area (Å²) in [5.74, 6) is -1.36. The fraction of sp³-hybridized carbons (Fsp3) is 0.353. The standard InChI is InChI=1S/C17H18F2N2O5/c1-4-11-14(9(2)26-21-11)16(23)24-10(3)15(22)20-12-7-5-6-8-13(12)25-17(18)19/h5-8,10,17H,4H2,1-3H3,(H,20,22)/t10-/m1/s1. The van der Waals surface area contributed by atoms with Gasteiger partial charge < -0.3 is 19.3 Å². The van der Waals surface area contributed by atoms with Crippen LogP contribution in [-0.4, -0.2) is 29.7 Å². The Balaban J connectivity index is 2.06. The summed E-state index contributed by atoms with van der Waals surface area (Å²) >= 11 is 0. The highest BCUT2D eigenvalue weighted by Gasteiger charge is 2.25. The molecular weight excluding hydrogens is 350 g/mol. The molecule has 0 aliphatic rings. The first-order chi connectivity index (χ1) is 12.3. The van der Waals surface area contributed by atoms with Crippen molar-refractivity contribution in [3.63, 3.8) is 0 Å². The van der Waals surface area contributed by atoms with Crippen molar-refractivity contribution >= 4 is 17.6 Å². The van der Waals surface area contributed by atoms with Crippen molar-refractivity contribution in [2.24, 2.45) is 0 Å². The lowest BCUT2D eigenvalue weighted by Crippen LogP contribution is -2.30. The van der Waals surface area contributed by atoms with Crippen LogP contribution in [0, 0.1) is 6.92 Å². The topological polar surface area (TPSA) is 90.7 Å². The number of esters is 1. The molecule has 2 aromatic rings. The second kappa shape index (κ2) is 8.41. The first-order valence-corrected chi connectivity index (χ1v) is 7.84. The van der Waals surface area contributed by atoms with Crippen molar-refractivity contribution in [2.45, 2.75) is 39.9 Å². The van der Waals surface area contributed by atoms with Gasteiger partial charge in [-0.2, -0.15) is 8.78 Å². The summed E-state index contributed by atoms with van der Waals surface area (Å²) < 4.78 is 39.3. The zero-order chi connectivity index (χ0) is 19.3. The maximum absolute atomic E-state index is 12.4. The molecular formula is C17H18F2N2O5. The summed E-state index contributed by atoms with van der Waals surface area (Å²) in [4.78, 5) is 24.5. The van der Waals surface area contributed by atoms with Gasteiger partial charge in [0.2, 0.25) is 0 Å². The minimum atomic E-state index is -3.03. The molecule has 26 heavy (non-hydrogen) atoms. The number of amides is 1. The van der Waals surface area contributed by atoms with Crippen LogP contribution in [-0.2, 0) is 16.0 Å². The minimum absolute atomic E-state index is 0.0381. The average Bonchev–Trinajstić information content (AvgIpc) is 2.96. The third-order valence-corrected chi connectivity index (χ3v) is 3.49. The van der Waals surface area contributed by atoms with Gasteiger partial charge in [-0.3, -0.25) is 4.79 Å². The van der Waals surface area contributed by atoms with Gasteiger partial charge in [-0.25, -0.2) is 4.79 Å². The van der Waals surface area contributed by atoms with Crippen LogP contribution in [0.25, 0.3) is 0 Å². The molecule has 7 nitrogen and oxygen atoms in total. The van der Waals surface area contributed by atoms with Gasteiger partial charge in [0.25, 0.3) is 5.91 Å². The number of aromatic nitrogens is 1. The van der Waals surface area contributed by atoms with E-state index in [1.165, 1.54) is 25.1 Å². The highest BCUT2D eigenvalue weighted by Crippen LogP contribution is 2.26. The van der Waals surface area contributed by atoms with E-state index in [0.29, 0.717) is 12.1 Å². The molecule has 2 rings (SSSR count). The highest BCUT2D eigenvalue weighted by molar-refractivity contribution is 5.98. The Kier molecular flexibility index (Phi) is 6.26. The van der Waals surface area contributed by atoms with E-state index >= 15 is 0 Å². The number of hydrogen-bond donors (Lipinski definition) is 1. The number of halogens is 2. The number of nitrogens with one attached hydrogen (secondary N) is 1. The van der Waals surface area contributed by atoms with E-state index in [9.17, 15) is 18.4 Å². The number of alkyl halides is 2. The van der Waals surface area contributed by atoms with Crippen molar-refractivity contribution < 1.29 is 32.4 Å². The molecule has 9 heteroatoms. The second-order valence-electron chi connectivity index (χ2n) is 5.33. The Morgan fingerprint density at radius 2 is 2.00 bits per heavy atom. The number of para-hydroxylation sites is 2. The SMILES string of the molecule is CCc1noc(C)c1C(=O)O[C@H](C)C(=O)Nc1ccccc1OC(F)F. The van der Waals surface area contributed by atoms with Crippen LogP contribution in [0.5, 0.6) is 5.75 Å². The molecule has 140 valence electrons. The molecule has 0 saturated carbocycles. The molecule has 1 N–H and O–H groups in total. The Morgan fingerprint density at radius 1 is 1.31 bits per heavy atom. The van der Waals surface area contributed by atoms with Crippen LogP contribution < -0.4 is 10.1 Å². The van der Waals surface area contributed by atoms with Crippen molar-refractivity contribution in [1.82, 2.24) is 5.16 Å². The summed E-state index contributed by atoms with van der Waals surface area (Å²) in [6, 6.07) is 5.70. The lowest BCUT2D eigenvalue weighted by atomic mass is 10.1. The first kappa shape index (κ1) is 19.4. The fourth-order valence-corrected chi connectivity index (χ4v) is 2.20. The van der Waals surface area contributed by atoms with Crippen LogP contribution in [0.3, 0.4) is 0 Å². The Morgan fingerprint density at radius 3 is 2.65 bits per heavy atom. The number of nitrogens with zero attached hydrogens (tertiary/aromatic N) is 1. The molecule has 0 unspecified atom stereocenters. The molecule has 0 spiro atoms. The van der Waals surface area contributed by atoms with Gasteiger partial charge in [-0.1, -0.05) is 24.2 Å². The molecule has 0 bridgehead atoms. The van der Waals surface area contributed by atoms with Gasteiger partial charge in [-0.15, -0.1) is 0 Å². The van der Waals surface area contributed by atoms with Gasteiger partial charge in [0.05, 0.1) is 11.4 Å². The number of hydrogen-bond acceptors (Lipinski definition) is 6. The molecule has 1 aromatic heterocycles. The summed E-state index contributed by atoms with van der Waals surface area (Å²) in [5.41, 5.74) is 0.639. The maximum atomic E-state index is 12.4. The van der Waals surface area contributed by atoms with E-state index in [1.807, 2.05) is 0 Å². The molecule has 1 aromatic carbocycles. The molecule has 0 fully saturated rings. The van der Waals surface area contributed by atoms with Crippen molar-refractivity contribution in [1.29, 1.82) is 0 Å². The number of ether oxygens (including phenoxy) is 2. The molecule has 0 radical (unpaired) electrons. The molecule has 0 aliphatic heterocycles. The maximum Gasteiger partial charge on any atom is 0.387 e. The van der Waals surface area contributed by atoms with Gasteiger partial charge in [-0.05, 0) is 32.4 Å². The van der Waals surface area contributed by atoms with Crippen LogP contribution >= 0.6 is 0 Å². The quantitative estimate of drug-likeness (QED) is 0.754. The Hall–Kier alpha value is -2.97. The lowest BCUT2D eigenvalue weighted by molar-refractivity contribution is -0.123. The number of anilines is 1. The summed E-state index contributed by atoms with van der Waals surface area (Å²) in [7, 11) is 0. The average molecular weight is 368 g/mol. The minimum Gasteiger partial charge on any atom is -0.449 e. The number of aryl methyl sites for hydroxylation is 2. The predicted molar refractivity (Wildman–Crippen MR) is 87.2 cm³/mol. The van der Waals surface area contributed by atoms with E-state index in [0.717, 1.165) is 0 Å². The normalized spacial score (nSPS) is 11.9. The van der Waals surface area contributed by atoms with Gasteiger partial charge in [0.15, 0.2) is 6.10 Å².